The lowest BCUT2D eigenvalue weighted by Crippen LogP contribution is -2.21. The van der Waals surface area contributed by atoms with Crippen molar-refractivity contribution in [3.8, 4) is 5.69 Å². The van der Waals surface area contributed by atoms with Crippen LogP contribution in [0, 0.1) is 0 Å². The molecule has 2 aromatic heterocycles. The van der Waals surface area contributed by atoms with Gasteiger partial charge in [-0.25, -0.2) is 4.68 Å². The van der Waals surface area contributed by atoms with E-state index < -0.39 is 0 Å². The summed E-state index contributed by atoms with van der Waals surface area (Å²) in [6.45, 7) is 8.03. The van der Waals surface area contributed by atoms with Crippen LogP contribution >= 0.6 is 0 Å². The van der Waals surface area contributed by atoms with E-state index in [1.807, 2.05) is 37.3 Å². The minimum absolute atomic E-state index is 0.115. The van der Waals surface area contributed by atoms with Gasteiger partial charge in [-0.3, -0.25) is 14.7 Å². The van der Waals surface area contributed by atoms with Crippen LogP contribution in [0.4, 0.5) is 0 Å². The average molecular weight is 371 g/mol. The Morgan fingerprint density at radius 3 is 2.19 bits per heavy atom. The van der Waals surface area contributed by atoms with E-state index in [1.54, 1.807) is 7.05 Å². The number of aromatic nitrogens is 3. The number of hydrogen-bond acceptors (Lipinski definition) is 3. The molecule has 0 aliphatic carbocycles. The quantitative estimate of drug-likeness (QED) is 0.675. The third kappa shape index (κ3) is 4.77. The largest absolute Gasteiger partial charge is 0.381 e. The molecule has 0 saturated heterocycles. The Kier molecular flexibility index (Phi) is 7.61. The molecule has 27 heavy (non-hydrogen) atoms. The number of para-hydroxylation sites is 1. The van der Waals surface area contributed by atoms with Crippen LogP contribution in [0.3, 0.4) is 0 Å². The molecule has 0 bridgehead atoms. The molecule has 1 N–H and O–H groups in total. The van der Waals surface area contributed by atoms with Gasteiger partial charge < -0.3 is 9.30 Å². The standard InChI is InChI=1S/C15H15N3O2.C6H14O/c1-3-12-14-11(9-13(19)17(12)2)16-18(15(14)20)10-7-5-4-6-8-10;1-3-5-7-6-4-2/h4-9,16H,3H2,1-2H3;3-6H2,1-2H3. The number of ether oxygens (including phenoxy) is 1. The van der Waals surface area contributed by atoms with Gasteiger partial charge in [0, 0.05) is 32.0 Å². The molecule has 0 aliphatic rings. The molecule has 0 saturated carbocycles. The minimum atomic E-state index is -0.126. The Morgan fingerprint density at radius 2 is 1.63 bits per heavy atom. The highest BCUT2D eigenvalue weighted by Gasteiger charge is 2.14. The lowest BCUT2D eigenvalue weighted by molar-refractivity contribution is 0.135. The average Bonchev–Trinajstić information content (AvgIpc) is 3.01. The van der Waals surface area contributed by atoms with Gasteiger partial charge in [-0.15, -0.1) is 0 Å². The topological polar surface area (TPSA) is 69.0 Å². The molecule has 6 heteroatoms. The van der Waals surface area contributed by atoms with Crippen molar-refractivity contribution in [2.24, 2.45) is 7.05 Å². The number of fused-ring (bicyclic) bond motifs is 1. The molecule has 6 nitrogen and oxygen atoms in total. The lowest BCUT2D eigenvalue weighted by atomic mass is 10.2. The summed E-state index contributed by atoms with van der Waals surface area (Å²) in [6, 6.07) is 10.8. The van der Waals surface area contributed by atoms with Crippen molar-refractivity contribution in [1.82, 2.24) is 14.3 Å². The van der Waals surface area contributed by atoms with Gasteiger partial charge in [-0.05, 0) is 31.4 Å². The second kappa shape index (κ2) is 9.92. The van der Waals surface area contributed by atoms with E-state index in [2.05, 4.69) is 18.9 Å². The molecule has 0 unspecified atom stereocenters. The monoisotopic (exact) mass is 371 g/mol. The smallest absolute Gasteiger partial charge is 0.280 e. The molecule has 2 heterocycles. The van der Waals surface area contributed by atoms with Crippen LogP contribution in [0.5, 0.6) is 0 Å². The van der Waals surface area contributed by atoms with Gasteiger partial charge in [-0.1, -0.05) is 39.0 Å². The van der Waals surface area contributed by atoms with Crippen molar-refractivity contribution in [3.63, 3.8) is 0 Å². The van der Waals surface area contributed by atoms with Crippen molar-refractivity contribution in [2.45, 2.75) is 40.0 Å². The Labute approximate surface area is 159 Å². The van der Waals surface area contributed by atoms with E-state index >= 15 is 0 Å². The third-order valence-electron chi connectivity index (χ3n) is 4.26. The molecule has 0 atom stereocenters. The summed E-state index contributed by atoms with van der Waals surface area (Å²) in [6.07, 6.45) is 2.91. The van der Waals surface area contributed by atoms with Crippen molar-refractivity contribution in [3.05, 3.63) is 62.8 Å². The molecule has 3 rings (SSSR count). The fraction of sp³-hybridized carbons (Fsp3) is 0.429. The number of H-pyrrole nitrogens is 1. The van der Waals surface area contributed by atoms with E-state index in [4.69, 9.17) is 4.74 Å². The first-order valence-electron chi connectivity index (χ1n) is 9.51. The molecular weight excluding hydrogens is 342 g/mol. The number of aryl methyl sites for hydroxylation is 1. The highest BCUT2D eigenvalue weighted by Crippen LogP contribution is 2.13. The predicted octanol–water partition coefficient (Wildman–Crippen LogP) is 3.40. The van der Waals surface area contributed by atoms with Gasteiger partial charge in [0.15, 0.2) is 0 Å². The van der Waals surface area contributed by atoms with Crippen LogP contribution in [0.2, 0.25) is 0 Å². The summed E-state index contributed by atoms with van der Waals surface area (Å²) >= 11 is 0. The number of hydrogen-bond donors (Lipinski definition) is 1. The van der Waals surface area contributed by atoms with Gasteiger partial charge >= 0.3 is 0 Å². The Morgan fingerprint density at radius 1 is 1.00 bits per heavy atom. The van der Waals surface area contributed by atoms with E-state index in [1.165, 1.54) is 15.3 Å². The zero-order valence-electron chi connectivity index (χ0n) is 16.6. The fourth-order valence-electron chi connectivity index (χ4n) is 2.92. The Balaban J connectivity index is 0.000000321. The molecule has 0 amide bonds. The van der Waals surface area contributed by atoms with Crippen molar-refractivity contribution in [2.75, 3.05) is 13.2 Å². The van der Waals surface area contributed by atoms with Gasteiger partial charge in [0.2, 0.25) is 0 Å². The molecule has 3 aromatic rings. The number of nitrogens with one attached hydrogen (secondary N) is 1. The maximum absolute atomic E-state index is 12.6. The minimum Gasteiger partial charge on any atom is -0.381 e. The van der Waals surface area contributed by atoms with Crippen molar-refractivity contribution >= 4 is 10.9 Å². The maximum Gasteiger partial charge on any atom is 0.280 e. The maximum atomic E-state index is 12.6. The number of rotatable bonds is 6. The van der Waals surface area contributed by atoms with Gasteiger partial charge in [0.1, 0.15) is 0 Å². The van der Waals surface area contributed by atoms with Gasteiger partial charge in [-0.2, -0.15) is 0 Å². The van der Waals surface area contributed by atoms with E-state index in [0.717, 1.165) is 37.4 Å². The van der Waals surface area contributed by atoms with E-state index in [0.29, 0.717) is 17.3 Å². The second-order valence-corrected chi connectivity index (χ2v) is 6.33. The zero-order valence-corrected chi connectivity index (χ0v) is 16.6. The van der Waals surface area contributed by atoms with Crippen LogP contribution < -0.4 is 11.1 Å². The van der Waals surface area contributed by atoms with Crippen molar-refractivity contribution in [1.29, 1.82) is 0 Å². The number of pyridine rings is 1. The van der Waals surface area contributed by atoms with Crippen LogP contribution in [0.25, 0.3) is 16.6 Å². The van der Waals surface area contributed by atoms with Crippen LogP contribution in [-0.2, 0) is 18.2 Å². The summed E-state index contributed by atoms with van der Waals surface area (Å²) < 4.78 is 8.14. The molecule has 1 aromatic carbocycles. The Hall–Kier alpha value is -2.60. The second-order valence-electron chi connectivity index (χ2n) is 6.33. The SMILES string of the molecule is CCCOCCC.CCc1c2c(=O)n(-c3ccccc3)[nH]c2cc(=O)n1C. The van der Waals surface area contributed by atoms with E-state index in [9.17, 15) is 9.59 Å². The molecule has 0 aliphatic heterocycles. The van der Waals surface area contributed by atoms with Crippen molar-refractivity contribution < 1.29 is 4.74 Å². The summed E-state index contributed by atoms with van der Waals surface area (Å²) in [4.78, 5) is 24.5. The molecule has 0 fully saturated rings. The first kappa shape index (κ1) is 20.7. The van der Waals surface area contributed by atoms with E-state index in [-0.39, 0.29) is 11.1 Å². The Bertz CT molecular complexity index is 964. The first-order valence-corrected chi connectivity index (χ1v) is 9.51. The first-order chi connectivity index (χ1) is 13.0. The van der Waals surface area contributed by atoms with Crippen LogP contribution in [0.15, 0.2) is 46.0 Å². The molecule has 0 radical (unpaired) electrons. The van der Waals surface area contributed by atoms with Gasteiger partial charge in [0.05, 0.1) is 16.6 Å². The number of aromatic amines is 1. The summed E-state index contributed by atoms with van der Waals surface area (Å²) in [5.74, 6) is 0. The third-order valence-corrected chi connectivity index (χ3v) is 4.26. The fourth-order valence-corrected chi connectivity index (χ4v) is 2.92. The zero-order chi connectivity index (χ0) is 19.8. The summed E-state index contributed by atoms with van der Waals surface area (Å²) in [5.41, 5.74) is 1.85. The highest BCUT2D eigenvalue weighted by atomic mass is 16.5. The number of benzene rings is 1. The normalized spacial score (nSPS) is 10.7. The number of nitrogens with zero attached hydrogens (tertiary/aromatic N) is 2. The van der Waals surface area contributed by atoms with Crippen LogP contribution in [0.1, 0.15) is 39.3 Å². The predicted molar refractivity (Wildman–Crippen MR) is 110 cm³/mol. The molecule has 146 valence electrons. The highest BCUT2D eigenvalue weighted by molar-refractivity contribution is 5.80. The molecular formula is C21H29N3O3. The van der Waals surface area contributed by atoms with Crippen LogP contribution in [-0.4, -0.2) is 27.6 Å². The summed E-state index contributed by atoms with van der Waals surface area (Å²) in [7, 11) is 1.69. The van der Waals surface area contributed by atoms with Gasteiger partial charge in [0.25, 0.3) is 11.1 Å². The lowest BCUT2D eigenvalue weighted by Gasteiger charge is -2.05. The molecule has 0 spiro atoms. The summed E-state index contributed by atoms with van der Waals surface area (Å²) in [5, 5.41) is 3.60.